The highest BCUT2D eigenvalue weighted by Gasteiger charge is 2.31. The van der Waals surface area contributed by atoms with Crippen molar-refractivity contribution in [3.8, 4) is 0 Å². The molecular weight excluding hydrogens is 260 g/mol. The third-order valence-electron chi connectivity index (χ3n) is 3.26. The summed E-state index contributed by atoms with van der Waals surface area (Å²) in [5.74, 6) is 0. The average molecular weight is 272 g/mol. The summed E-state index contributed by atoms with van der Waals surface area (Å²) < 4.78 is 6.92. The molecule has 1 aromatic heterocycles. The largest absolute Gasteiger partial charge is 0.444 e. The number of azide groups is 1. The number of rotatable bonds is 3. The number of carbonyl (C=O) groups is 1. The Morgan fingerprint density at radius 2 is 2.45 bits per heavy atom. The molecule has 0 radical (unpaired) electrons. The molecule has 3 rings (SSSR count). The highest BCUT2D eigenvalue weighted by atomic mass is 16.6. The molecule has 1 unspecified atom stereocenters. The van der Waals surface area contributed by atoms with Crippen molar-refractivity contribution in [2.45, 2.75) is 6.10 Å². The first-order valence-corrected chi connectivity index (χ1v) is 6.10. The van der Waals surface area contributed by atoms with Crippen LogP contribution in [-0.4, -0.2) is 35.1 Å². The summed E-state index contributed by atoms with van der Waals surface area (Å²) in [6, 6.07) is 5.65. The number of amides is 1. The van der Waals surface area contributed by atoms with Crippen LogP contribution in [-0.2, 0) is 11.8 Å². The van der Waals surface area contributed by atoms with Gasteiger partial charge >= 0.3 is 6.09 Å². The number of hydrogen-bond acceptors (Lipinski definition) is 4. The molecule has 1 atom stereocenters. The van der Waals surface area contributed by atoms with E-state index in [2.05, 4.69) is 15.1 Å². The second kappa shape index (κ2) is 4.75. The van der Waals surface area contributed by atoms with Crippen molar-refractivity contribution in [3.05, 3.63) is 34.8 Å². The van der Waals surface area contributed by atoms with E-state index in [1.807, 2.05) is 25.2 Å². The van der Waals surface area contributed by atoms with Gasteiger partial charge in [-0.1, -0.05) is 5.11 Å². The molecule has 0 aliphatic carbocycles. The summed E-state index contributed by atoms with van der Waals surface area (Å²) in [4.78, 5) is 16.0. The van der Waals surface area contributed by atoms with Crippen LogP contribution in [0.4, 0.5) is 10.5 Å². The fraction of sp³-hybridized carbons (Fsp3) is 0.333. The first kappa shape index (κ1) is 12.3. The molecule has 1 amide bonds. The summed E-state index contributed by atoms with van der Waals surface area (Å²) in [6.07, 6.45) is 0.923. The Morgan fingerprint density at radius 1 is 1.60 bits per heavy atom. The number of fused-ring (bicyclic) bond motifs is 1. The highest BCUT2D eigenvalue weighted by Crippen LogP contribution is 2.25. The minimum absolute atomic E-state index is 0.147. The quantitative estimate of drug-likeness (QED) is 0.486. The Morgan fingerprint density at radius 3 is 3.25 bits per heavy atom. The maximum absolute atomic E-state index is 11.8. The van der Waals surface area contributed by atoms with Gasteiger partial charge in [0.15, 0.2) is 0 Å². The van der Waals surface area contributed by atoms with Crippen LogP contribution in [0.5, 0.6) is 0 Å². The predicted octanol–water partition coefficient (Wildman–Crippen LogP) is 2.21. The number of ether oxygens (including phenoxy) is 1. The second-order valence-corrected chi connectivity index (χ2v) is 4.54. The van der Waals surface area contributed by atoms with Crippen LogP contribution in [0.25, 0.3) is 21.3 Å². The zero-order valence-corrected chi connectivity index (χ0v) is 10.8. The van der Waals surface area contributed by atoms with Gasteiger partial charge in [0.1, 0.15) is 6.10 Å². The summed E-state index contributed by atoms with van der Waals surface area (Å²) in [7, 11) is 1.86. The number of aryl methyl sites for hydroxylation is 1. The van der Waals surface area contributed by atoms with Gasteiger partial charge in [0.2, 0.25) is 0 Å². The lowest BCUT2D eigenvalue weighted by Crippen LogP contribution is -2.25. The van der Waals surface area contributed by atoms with Crippen LogP contribution in [0.1, 0.15) is 0 Å². The number of cyclic esters (lactones) is 1. The molecule has 1 aliphatic rings. The molecule has 20 heavy (non-hydrogen) atoms. The molecule has 1 aliphatic heterocycles. The fourth-order valence-corrected chi connectivity index (χ4v) is 2.27. The average Bonchev–Trinajstić information content (AvgIpc) is 3.00. The van der Waals surface area contributed by atoms with Gasteiger partial charge in [-0.3, -0.25) is 9.58 Å². The Labute approximate surface area is 114 Å². The van der Waals surface area contributed by atoms with E-state index in [0.717, 1.165) is 16.6 Å². The molecule has 8 nitrogen and oxygen atoms in total. The molecule has 102 valence electrons. The number of anilines is 1. The Bertz CT molecular complexity index is 718. The lowest BCUT2D eigenvalue weighted by molar-refractivity contribution is 0.145. The van der Waals surface area contributed by atoms with Crippen molar-refractivity contribution in [3.63, 3.8) is 0 Å². The van der Waals surface area contributed by atoms with E-state index in [0.29, 0.717) is 6.54 Å². The van der Waals surface area contributed by atoms with Crippen LogP contribution >= 0.6 is 0 Å². The van der Waals surface area contributed by atoms with Crippen molar-refractivity contribution >= 4 is 22.7 Å². The first-order chi connectivity index (χ1) is 9.69. The zero-order chi connectivity index (χ0) is 14.1. The normalized spacial score (nSPS) is 18.1. The molecule has 1 fully saturated rings. The number of benzene rings is 1. The fourth-order valence-electron chi connectivity index (χ4n) is 2.27. The molecule has 1 saturated heterocycles. The summed E-state index contributed by atoms with van der Waals surface area (Å²) >= 11 is 0. The zero-order valence-electron chi connectivity index (χ0n) is 10.8. The van der Waals surface area contributed by atoms with Gasteiger partial charge in [-0.25, -0.2) is 4.79 Å². The number of hydrogen-bond donors (Lipinski definition) is 0. The summed E-state index contributed by atoms with van der Waals surface area (Å²) in [5, 5.41) is 8.55. The van der Waals surface area contributed by atoms with Crippen LogP contribution < -0.4 is 4.90 Å². The van der Waals surface area contributed by atoms with Crippen LogP contribution in [0.3, 0.4) is 0 Å². The number of carbonyl (C=O) groups excluding carboxylic acids is 1. The van der Waals surface area contributed by atoms with E-state index in [-0.39, 0.29) is 6.54 Å². The van der Waals surface area contributed by atoms with Crippen molar-refractivity contribution in [2.24, 2.45) is 12.2 Å². The number of nitrogens with zero attached hydrogens (tertiary/aromatic N) is 6. The van der Waals surface area contributed by atoms with Crippen molar-refractivity contribution < 1.29 is 9.53 Å². The summed E-state index contributed by atoms with van der Waals surface area (Å²) in [6.45, 7) is 0.525. The van der Waals surface area contributed by atoms with Gasteiger partial charge in [-0.2, -0.15) is 5.10 Å². The van der Waals surface area contributed by atoms with E-state index in [4.69, 9.17) is 10.3 Å². The van der Waals surface area contributed by atoms with Gasteiger partial charge in [0.25, 0.3) is 0 Å². The molecule has 0 bridgehead atoms. The first-order valence-electron chi connectivity index (χ1n) is 6.10. The topological polar surface area (TPSA) is 96.1 Å². The minimum Gasteiger partial charge on any atom is -0.444 e. The molecule has 2 aromatic rings. The van der Waals surface area contributed by atoms with E-state index in [1.165, 1.54) is 4.90 Å². The summed E-state index contributed by atoms with van der Waals surface area (Å²) in [5.41, 5.74) is 10.0. The van der Waals surface area contributed by atoms with E-state index in [1.54, 1.807) is 10.9 Å². The van der Waals surface area contributed by atoms with Gasteiger partial charge in [0, 0.05) is 23.0 Å². The monoisotopic (exact) mass is 272 g/mol. The van der Waals surface area contributed by atoms with E-state index < -0.39 is 12.2 Å². The van der Waals surface area contributed by atoms with Gasteiger partial charge in [-0.05, 0) is 23.7 Å². The second-order valence-electron chi connectivity index (χ2n) is 4.54. The Kier molecular flexibility index (Phi) is 2.92. The van der Waals surface area contributed by atoms with Gasteiger partial charge < -0.3 is 4.74 Å². The molecule has 0 saturated carbocycles. The van der Waals surface area contributed by atoms with Crippen LogP contribution in [0.15, 0.2) is 29.5 Å². The molecule has 8 heteroatoms. The third-order valence-corrected chi connectivity index (χ3v) is 3.26. The molecule has 0 N–H and O–H groups in total. The Hall–Kier alpha value is -2.73. The lowest BCUT2D eigenvalue weighted by Gasteiger charge is -2.12. The van der Waals surface area contributed by atoms with Crippen molar-refractivity contribution in [1.82, 2.24) is 9.78 Å². The van der Waals surface area contributed by atoms with Crippen LogP contribution in [0.2, 0.25) is 0 Å². The number of aromatic nitrogens is 2. The molecule has 0 spiro atoms. The predicted molar refractivity (Wildman–Crippen MR) is 72.3 cm³/mol. The maximum Gasteiger partial charge on any atom is 0.414 e. The standard InChI is InChI=1S/C12H12N6O2/c1-17-11-3-2-9(4-8(11)5-15-17)18-7-10(6-14-16-13)20-12(18)19/h2-5,10H,6-7H2,1H3. The third kappa shape index (κ3) is 2.02. The highest BCUT2D eigenvalue weighted by molar-refractivity contribution is 5.93. The smallest absolute Gasteiger partial charge is 0.414 e. The molecular formula is C12H12N6O2. The van der Waals surface area contributed by atoms with Gasteiger partial charge in [0.05, 0.1) is 24.8 Å². The van der Waals surface area contributed by atoms with E-state index in [9.17, 15) is 4.79 Å². The lowest BCUT2D eigenvalue weighted by atomic mass is 10.2. The molecule has 1 aromatic carbocycles. The van der Waals surface area contributed by atoms with Gasteiger partial charge in [-0.15, -0.1) is 0 Å². The van der Waals surface area contributed by atoms with E-state index >= 15 is 0 Å². The molecule has 2 heterocycles. The minimum atomic E-state index is -0.425. The maximum atomic E-state index is 11.8. The van der Waals surface area contributed by atoms with Crippen LogP contribution in [0, 0.1) is 0 Å². The SMILES string of the molecule is Cn1ncc2cc(N3CC(CN=[N+]=[N-])OC3=O)ccc21. The van der Waals surface area contributed by atoms with Crippen molar-refractivity contribution in [1.29, 1.82) is 0 Å². The Balaban J connectivity index is 1.87. The van der Waals surface area contributed by atoms with Crippen molar-refractivity contribution in [2.75, 3.05) is 18.0 Å².